The third kappa shape index (κ3) is 1.01. The number of imidazole rings is 1. The van der Waals surface area contributed by atoms with Crippen molar-refractivity contribution in [3.8, 4) is 0 Å². The Bertz CT molecular complexity index is 406. The van der Waals surface area contributed by atoms with Crippen LogP contribution in [0.5, 0.6) is 0 Å². The van der Waals surface area contributed by atoms with E-state index in [1.807, 2.05) is 25.2 Å². The number of rotatable bonds is 1. The number of aryl methyl sites for hydroxylation is 1. The first kappa shape index (κ1) is 7.68. The molecule has 2 aromatic rings. The largest absolute Gasteiger partial charge is 0.330 e. The van der Waals surface area contributed by atoms with Crippen molar-refractivity contribution in [1.29, 1.82) is 0 Å². The van der Waals surface area contributed by atoms with Gasteiger partial charge >= 0.3 is 0 Å². The average Bonchev–Trinajstić information content (AvgIpc) is 2.44. The predicted molar refractivity (Wildman–Crippen MR) is 53.4 cm³/mol. The molecule has 0 saturated heterocycles. The third-order valence-corrected chi connectivity index (χ3v) is 2.30. The molecule has 1 aromatic heterocycles. The summed E-state index contributed by atoms with van der Waals surface area (Å²) >= 11 is 4.21. The van der Waals surface area contributed by atoms with E-state index in [4.69, 9.17) is 0 Å². The molecule has 0 radical (unpaired) electrons. The van der Waals surface area contributed by atoms with Crippen molar-refractivity contribution in [1.82, 2.24) is 9.55 Å². The van der Waals surface area contributed by atoms with Gasteiger partial charge in [-0.15, -0.1) is 0 Å². The van der Waals surface area contributed by atoms with Crippen molar-refractivity contribution < 1.29 is 0 Å². The first-order chi connectivity index (χ1) is 5.83. The van der Waals surface area contributed by atoms with Gasteiger partial charge in [0.2, 0.25) is 0 Å². The van der Waals surface area contributed by atoms with Crippen LogP contribution in [-0.2, 0) is 12.8 Å². The molecule has 2 nitrogen and oxygen atoms in total. The Labute approximate surface area is 76.6 Å². The summed E-state index contributed by atoms with van der Waals surface area (Å²) in [7, 11) is 2.01. The molecule has 0 unspecified atom stereocenters. The van der Waals surface area contributed by atoms with Crippen LogP contribution in [0.3, 0.4) is 0 Å². The standard InChI is InChI=1S/C9H10N2S/c1-11-8-5-3-2-4-7(8)10-9(11)6-12/h2-5,12H,6H2,1H3. The quantitative estimate of drug-likeness (QED) is 0.661. The second kappa shape index (κ2) is 2.83. The Morgan fingerprint density at radius 1 is 1.42 bits per heavy atom. The fourth-order valence-electron chi connectivity index (χ4n) is 1.34. The van der Waals surface area contributed by atoms with Crippen molar-refractivity contribution >= 4 is 23.7 Å². The summed E-state index contributed by atoms with van der Waals surface area (Å²) in [5.41, 5.74) is 2.21. The number of hydrogen-bond donors (Lipinski definition) is 1. The van der Waals surface area contributed by atoms with Crippen LogP contribution >= 0.6 is 12.6 Å². The Balaban J connectivity index is 2.78. The molecule has 0 fully saturated rings. The minimum Gasteiger partial charge on any atom is -0.330 e. The molecule has 0 spiro atoms. The molecule has 12 heavy (non-hydrogen) atoms. The van der Waals surface area contributed by atoms with Crippen LogP contribution in [0.2, 0.25) is 0 Å². The van der Waals surface area contributed by atoms with E-state index in [-0.39, 0.29) is 0 Å². The van der Waals surface area contributed by atoms with Gasteiger partial charge in [0.05, 0.1) is 11.0 Å². The van der Waals surface area contributed by atoms with Crippen LogP contribution in [-0.4, -0.2) is 9.55 Å². The zero-order valence-corrected chi connectivity index (χ0v) is 7.75. The van der Waals surface area contributed by atoms with Gasteiger partial charge in [0.15, 0.2) is 0 Å². The summed E-state index contributed by atoms with van der Waals surface area (Å²) in [6, 6.07) is 8.10. The van der Waals surface area contributed by atoms with Crippen LogP contribution in [0.15, 0.2) is 24.3 Å². The lowest BCUT2D eigenvalue weighted by Gasteiger charge is -1.96. The summed E-state index contributed by atoms with van der Waals surface area (Å²) in [4.78, 5) is 4.42. The molecule has 1 heterocycles. The van der Waals surface area contributed by atoms with E-state index in [0.29, 0.717) is 5.75 Å². The molecule has 0 aliphatic heterocycles. The molecule has 1 aromatic carbocycles. The van der Waals surface area contributed by atoms with Crippen molar-refractivity contribution in [2.24, 2.45) is 7.05 Å². The second-order valence-electron chi connectivity index (χ2n) is 2.73. The highest BCUT2D eigenvalue weighted by Crippen LogP contribution is 2.14. The molecule has 0 atom stereocenters. The zero-order chi connectivity index (χ0) is 8.55. The average molecular weight is 178 g/mol. The monoisotopic (exact) mass is 178 g/mol. The first-order valence-corrected chi connectivity index (χ1v) is 4.47. The highest BCUT2D eigenvalue weighted by atomic mass is 32.1. The summed E-state index contributed by atoms with van der Waals surface area (Å²) in [5, 5.41) is 0. The van der Waals surface area contributed by atoms with Gasteiger partial charge in [0.1, 0.15) is 5.82 Å². The van der Waals surface area contributed by atoms with E-state index in [1.54, 1.807) is 0 Å². The van der Waals surface area contributed by atoms with E-state index in [2.05, 4.69) is 28.2 Å². The van der Waals surface area contributed by atoms with Crippen LogP contribution in [0.1, 0.15) is 5.82 Å². The lowest BCUT2D eigenvalue weighted by atomic mass is 10.3. The molecule has 0 N–H and O–H groups in total. The fraction of sp³-hybridized carbons (Fsp3) is 0.222. The highest BCUT2D eigenvalue weighted by molar-refractivity contribution is 7.79. The smallest absolute Gasteiger partial charge is 0.119 e. The van der Waals surface area contributed by atoms with Gasteiger partial charge in [-0.2, -0.15) is 12.6 Å². The maximum Gasteiger partial charge on any atom is 0.119 e. The minimum atomic E-state index is 0.686. The Morgan fingerprint density at radius 3 is 2.83 bits per heavy atom. The van der Waals surface area contributed by atoms with Crippen molar-refractivity contribution in [3.63, 3.8) is 0 Å². The van der Waals surface area contributed by atoms with Gasteiger partial charge in [-0.05, 0) is 12.1 Å². The van der Waals surface area contributed by atoms with Crippen molar-refractivity contribution in [2.45, 2.75) is 5.75 Å². The van der Waals surface area contributed by atoms with Gasteiger partial charge in [-0.3, -0.25) is 0 Å². The number of thiol groups is 1. The Morgan fingerprint density at radius 2 is 2.17 bits per heavy atom. The van der Waals surface area contributed by atoms with E-state index in [0.717, 1.165) is 11.3 Å². The maximum atomic E-state index is 4.42. The molecular weight excluding hydrogens is 168 g/mol. The number of aromatic nitrogens is 2. The summed E-state index contributed by atoms with van der Waals surface area (Å²) in [5.74, 6) is 1.70. The molecule has 0 saturated carbocycles. The first-order valence-electron chi connectivity index (χ1n) is 3.84. The molecule has 2 rings (SSSR count). The minimum absolute atomic E-state index is 0.686. The predicted octanol–water partition coefficient (Wildman–Crippen LogP) is 2.00. The molecule has 0 aliphatic carbocycles. The molecular formula is C9H10N2S. The summed E-state index contributed by atoms with van der Waals surface area (Å²) in [6.07, 6.45) is 0. The lowest BCUT2D eigenvalue weighted by Crippen LogP contribution is -1.93. The van der Waals surface area contributed by atoms with Gasteiger partial charge in [-0.25, -0.2) is 4.98 Å². The maximum absolute atomic E-state index is 4.42. The van der Waals surface area contributed by atoms with E-state index < -0.39 is 0 Å². The zero-order valence-electron chi connectivity index (χ0n) is 6.86. The van der Waals surface area contributed by atoms with Gasteiger partial charge in [-0.1, -0.05) is 12.1 Å². The third-order valence-electron chi connectivity index (χ3n) is 2.02. The molecule has 0 amide bonds. The van der Waals surface area contributed by atoms with Gasteiger partial charge in [0.25, 0.3) is 0 Å². The Kier molecular flexibility index (Phi) is 1.81. The van der Waals surface area contributed by atoms with Crippen molar-refractivity contribution in [3.05, 3.63) is 30.1 Å². The van der Waals surface area contributed by atoms with Crippen LogP contribution < -0.4 is 0 Å². The lowest BCUT2D eigenvalue weighted by molar-refractivity contribution is 0.877. The number of nitrogens with zero attached hydrogens (tertiary/aromatic N) is 2. The highest BCUT2D eigenvalue weighted by Gasteiger charge is 2.03. The summed E-state index contributed by atoms with van der Waals surface area (Å²) in [6.45, 7) is 0. The number of benzene rings is 1. The second-order valence-corrected chi connectivity index (χ2v) is 3.05. The Hall–Kier alpha value is -0.960. The van der Waals surface area contributed by atoms with Gasteiger partial charge in [0, 0.05) is 12.8 Å². The number of para-hydroxylation sites is 2. The van der Waals surface area contributed by atoms with Crippen LogP contribution in [0, 0.1) is 0 Å². The molecule has 0 aliphatic rings. The normalized spacial score (nSPS) is 10.8. The van der Waals surface area contributed by atoms with E-state index in [1.165, 1.54) is 5.52 Å². The van der Waals surface area contributed by atoms with Crippen LogP contribution in [0.25, 0.3) is 11.0 Å². The number of hydrogen-bond acceptors (Lipinski definition) is 2. The molecule has 0 bridgehead atoms. The summed E-state index contributed by atoms with van der Waals surface area (Å²) < 4.78 is 2.07. The molecule has 62 valence electrons. The van der Waals surface area contributed by atoms with E-state index in [9.17, 15) is 0 Å². The van der Waals surface area contributed by atoms with Gasteiger partial charge < -0.3 is 4.57 Å². The van der Waals surface area contributed by atoms with Crippen molar-refractivity contribution in [2.75, 3.05) is 0 Å². The fourth-order valence-corrected chi connectivity index (χ4v) is 1.62. The topological polar surface area (TPSA) is 17.8 Å². The molecule has 3 heteroatoms. The van der Waals surface area contributed by atoms with E-state index >= 15 is 0 Å². The van der Waals surface area contributed by atoms with Crippen LogP contribution in [0.4, 0.5) is 0 Å². The number of fused-ring (bicyclic) bond motifs is 1. The SMILES string of the molecule is Cn1c(CS)nc2ccccc21.